The van der Waals surface area contributed by atoms with Gasteiger partial charge in [-0.1, -0.05) is 11.6 Å². The molecule has 0 aliphatic carbocycles. The molecule has 1 aliphatic heterocycles. The maximum absolute atomic E-state index is 12.4. The fraction of sp³-hybridized carbons (Fsp3) is 0.556. The van der Waals surface area contributed by atoms with Crippen LogP contribution in [0.5, 0.6) is 5.75 Å². The second-order valence-corrected chi connectivity index (χ2v) is 7.60. The minimum Gasteiger partial charge on any atom is -0.484 e. The van der Waals surface area contributed by atoms with Crippen LogP contribution in [-0.2, 0) is 9.59 Å². The van der Waals surface area contributed by atoms with Gasteiger partial charge >= 0.3 is 0 Å². The number of rotatable bonds is 6. The molecule has 0 unspecified atom stereocenters. The molecule has 1 fully saturated rings. The lowest BCUT2D eigenvalue weighted by Crippen LogP contribution is -2.50. The lowest BCUT2D eigenvalue weighted by molar-refractivity contribution is -0.140. The van der Waals surface area contributed by atoms with Gasteiger partial charge in [0, 0.05) is 30.0 Å². The van der Waals surface area contributed by atoms with E-state index in [1.165, 1.54) is 0 Å². The SMILES string of the molecule is CC(C)(CCl)C(=O)N1CCC(NC(=O)COc2ccc(Cl)cc2)CC1. The van der Waals surface area contributed by atoms with Crippen molar-refractivity contribution in [3.63, 3.8) is 0 Å². The predicted octanol–water partition coefficient (Wildman–Crippen LogP) is 3.09. The Balaban J connectivity index is 1.73. The summed E-state index contributed by atoms with van der Waals surface area (Å²) in [6.45, 7) is 4.92. The molecule has 1 saturated heterocycles. The van der Waals surface area contributed by atoms with Gasteiger partial charge in [-0.05, 0) is 51.0 Å². The average molecular weight is 387 g/mol. The monoisotopic (exact) mass is 386 g/mol. The molecular formula is C18H24Cl2N2O3. The van der Waals surface area contributed by atoms with E-state index in [9.17, 15) is 9.59 Å². The highest BCUT2D eigenvalue weighted by Gasteiger charge is 2.33. The van der Waals surface area contributed by atoms with Crippen LogP contribution in [0, 0.1) is 5.41 Å². The fourth-order valence-electron chi connectivity index (χ4n) is 2.66. The maximum atomic E-state index is 12.4. The van der Waals surface area contributed by atoms with Crippen molar-refractivity contribution < 1.29 is 14.3 Å². The normalized spacial score (nSPS) is 15.8. The molecule has 0 radical (unpaired) electrons. The van der Waals surface area contributed by atoms with Gasteiger partial charge in [-0.2, -0.15) is 0 Å². The first-order valence-electron chi connectivity index (χ1n) is 8.35. The second-order valence-electron chi connectivity index (χ2n) is 6.89. The minimum atomic E-state index is -0.552. The van der Waals surface area contributed by atoms with E-state index >= 15 is 0 Å². The van der Waals surface area contributed by atoms with Crippen LogP contribution >= 0.6 is 23.2 Å². The smallest absolute Gasteiger partial charge is 0.258 e. The predicted molar refractivity (Wildman–Crippen MR) is 99.2 cm³/mol. The zero-order valence-electron chi connectivity index (χ0n) is 14.6. The van der Waals surface area contributed by atoms with Crippen molar-refractivity contribution in [2.75, 3.05) is 25.6 Å². The van der Waals surface area contributed by atoms with Gasteiger partial charge in [0.25, 0.3) is 5.91 Å². The van der Waals surface area contributed by atoms with Crippen LogP contribution in [0.3, 0.4) is 0 Å². The van der Waals surface area contributed by atoms with Gasteiger partial charge in [0.2, 0.25) is 5.91 Å². The lowest BCUT2D eigenvalue weighted by Gasteiger charge is -2.36. The summed E-state index contributed by atoms with van der Waals surface area (Å²) in [4.78, 5) is 26.2. The first-order chi connectivity index (χ1) is 11.8. The molecule has 1 heterocycles. The molecule has 1 aliphatic rings. The molecule has 1 aromatic rings. The second kappa shape index (κ2) is 8.77. The van der Waals surface area contributed by atoms with Crippen LogP contribution < -0.4 is 10.1 Å². The Morgan fingerprint density at radius 1 is 1.24 bits per heavy atom. The number of hydrogen-bond donors (Lipinski definition) is 1. The minimum absolute atomic E-state index is 0.0416. The summed E-state index contributed by atoms with van der Waals surface area (Å²) in [6.07, 6.45) is 1.47. The molecule has 7 heteroatoms. The summed E-state index contributed by atoms with van der Waals surface area (Å²) >= 11 is 11.7. The van der Waals surface area contributed by atoms with E-state index in [4.69, 9.17) is 27.9 Å². The number of carbonyl (C=O) groups is 2. The quantitative estimate of drug-likeness (QED) is 0.764. The first-order valence-corrected chi connectivity index (χ1v) is 9.26. The highest BCUT2D eigenvalue weighted by atomic mass is 35.5. The molecule has 0 spiro atoms. The van der Waals surface area contributed by atoms with E-state index in [1.54, 1.807) is 24.3 Å². The summed E-state index contributed by atoms with van der Waals surface area (Å²) < 4.78 is 5.43. The Hall–Kier alpha value is -1.46. The molecule has 0 saturated carbocycles. The van der Waals surface area contributed by atoms with Crippen molar-refractivity contribution in [3.05, 3.63) is 29.3 Å². The maximum Gasteiger partial charge on any atom is 0.258 e. The number of nitrogens with zero attached hydrogens (tertiary/aromatic N) is 1. The Labute approximate surface area is 158 Å². The molecule has 1 aromatic carbocycles. The highest BCUT2D eigenvalue weighted by molar-refractivity contribution is 6.30. The van der Waals surface area contributed by atoms with Crippen LogP contribution in [0.1, 0.15) is 26.7 Å². The molecule has 5 nitrogen and oxygen atoms in total. The van der Waals surface area contributed by atoms with Gasteiger partial charge in [0.1, 0.15) is 5.75 Å². The molecule has 2 amide bonds. The Morgan fingerprint density at radius 2 is 1.84 bits per heavy atom. The molecular weight excluding hydrogens is 363 g/mol. The number of benzene rings is 1. The number of carbonyl (C=O) groups excluding carboxylic acids is 2. The van der Waals surface area contributed by atoms with Gasteiger partial charge in [0.05, 0.1) is 5.41 Å². The molecule has 0 aromatic heterocycles. The Bertz CT molecular complexity index is 597. The number of halogens is 2. The van der Waals surface area contributed by atoms with Crippen molar-refractivity contribution in [2.45, 2.75) is 32.7 Å². The third-order valence-corrected chi connectivity index (χ3v) is 5.16. The number of piperidine rings is 1. The van der Waals surface area contributed by atoms with Crippen molar-refractivity contribution in [1.82, 2.24) is 10.2 Å². The van der Waals surface area contributed by atoms with E-state index in [2.05, 4.69) is 5.32 Å². The van der Waals surface area contributed by atoms with Crippen LogP contribution in [-0.4, -0.2) is 48.3 Å². The topological polar surface area (TPSA) is 58.6 Å². The molecule has 1 N–H and O–H groups in total. The summed E-state index contributed by atoms with van der Waals surface area (Å²) in [5.41, 5.74) is -0.552. The van der Waals surface area contributed by atoms with Gasteiger partial charge in [-0.25, -0.2) is 0 Å². The standard InChI is InChI=1S/C18H24Cl2N2O3/c1-18(2,12-19)17(24)22-9-7-14(8-10-22)21-16(23)11-25-15-5-3-13(20)4-6-15/h3-6,14H,7-12H2,1-2H3,(H,21,23). The number of likely N-dealkylation sites (tertiary alicyclic amines) is 1. The van der Waals surface area contributed by atoms with Gasteiger partial charge in [0.15, 0.2) is 6.61 Å². The summed E-state index contributed by atoms with van der Waals surface area (Å²) in [7, 11) is 0. The van der Waals surface area contributed by atoms with E-state index in [-0.39, 0.29) is 24.5 Å². The van der Waals surface area contributed by atoms with E-state index < -0.39 is 5.41 Å². The van der Waals surface area contributed by atoms with E-state index in [0.717, 1.165) is 12.8 Å². The summed E-state index contributed by atoms with van der Waals surface area (Å²) in [5, 5.41) is 3.58. The third-order valence-electron chi connectivity index (χ3n) is 4.24. The van der Waals surface area contributed by atoms with Gasteiger partial charge in [-0.15, -0.1) is 11.6 Å². The number of alkyl halides is 1. The largest absolute Gasteiger partial charge is 0.484 e. The van der Waals surface area contributed by atoms with Gasteiger partial charge in [-0.3, -0.25) is 9.59 Å². The van der Waals surface area contributed by atoms with Crippen molar-refractivity contribution >= 4 is 35.0 Å². The number of amides is 2. The van der Waals surface area contributed by atoms with Crippen molar-refractivity contribution in [1.29, 1.82) is 0 Å². The lowest BCUT2D eigenvalue weighted by atomic mass is 9.92. The molecule has 138 valence electrons. The van der Waals surface area contributed by atoms with Gasteiger partial charge < -0.3 is 15.0 Å². The molecule has 2 rings (SSSR count). The van der Waals surface area contributed by atoms with Crippen molar-refractivity contribution in [2.24, 2.45) is 5.41 Å². The van der Waals surface area contributed by atoms with Crippen molar-refractivity contribution in [3.8, 4) is 5.75 Å². The number of ether oxygens (including phenoxy) is 1. The highest BCUT2D eigenvalue weighted by Crippen LogP contribution is 2.23. The Kier molecular flexibility index (Phi) is 6.96. The molecule has 0 bridgehead atoms. The zero-order chi connectivity index (χ0) is 18.4. The summed E-state index contributed by atoms with van der Waals surface area (Å²) in [6, 6.07) is 6.93. The van der Waals surface area contributed by atoms with Crippen LogP contribution in [0.25, 0.3) is 0 Å². The van der Waals surface area contributed by atoms with Crippen LogP contribution in [0.2, 0.25) is 5.02 Å². The van der Waals surface area contributed by atoms with Crippen LogP contribution in [0.15, 0.2) is 24.3 Å². The number of hydrogen-bond acceptors (Lipinski definition) is 3. The number of nitrogens with one attached hydrogen (secondary N) is 1. The van der Waals surface area contributed by atoms with E-state index in [0.29, 0.717) is 29.7 Å². The van der Waals surface area contributed by atoms with Crippen LogP contribution in [0.4, 0.5) is 0 Å². The summed E-state index contributed by atoms with van der Waals surface area (Å²) in [5.74, 6) is 0.798. The zero-order valence-corrected chi connectivity index (χ0v) is 16.1. The average Bonchev–Trinajstić information content (AvgIpc) is 2.61. The third kappa shape index (κ3) is 5.79. The van der Waals surface area contributed by atoms with E-state index in [1.807, 2.05) is 18.7 Å². The fourth-order valence-corrected chi connectivity index (χ4v) is 2.90. The molecule has 25 heavy (non-hydrogen) atoms. The first kappa shape index (κ1) is 19.9. The molecule has 0 atom stereocenters. The Morgan fingerprint density at radius 3 is 2.40 bits per heavy atom.